The van der Waals surface area contributed by atoms with E-state index in [0.29, 0.717) is 19.6 Å². The molecular formula is C10H15N3O4. The van der Waals surface area contributed by atoms with Crippen molar-refractivity contribution in [2.24, 2.45) is 5.92 Å². The number of cyclic esters (lactones) is 1. The first-order valence-electron chi connectivity index (χ1n) is 5.42. The number of carbonyl (C=O) groups excluding carboxylic acids is 3. The van der Waals surface area contributed by atoms with E-state index < -0.39 is 6.09 Å². The summed E-state index contributed by atoms with van der Waals surface area (Å²) in [6.45, 7) is 1.34. The van der Waals surface area contributed by atoms with Crippen LogP contribution in [0.1, 0.15) is 0 Å². The summed E-state index contributed by atoms with van der Waals surface area (Å²) in [5, 5.41) is 0. The van der Waals surface area contributed by atoms with Crippen molar-refractivity contribution in [2.75, 3.05) is 40.3 Å². The summed E-state index contributed by atoms with van der Waals surface area (Å²) in [4.78, 5) is 38.3. The molecule has 7 heteroatoms. The Kier molecular flexibility index (Phi) is 2.91. The Morgan fingerprint density at radius 1 is 1.41 bits per heavy atom. The quantitative estimate of drug-likeness (QED) is 0.658. The molecule has 94 valence electrons. The predicted octanol–water partition coefficient (Wildman–Crippen LogP) is -0.421. The maximum Gasteiger partial charge on any atom is 0.417 e. The highest BCUT2D eigenvalue weighted by Gasteiger charge is 2.38. The van der Waals surface area contributed by atoms with Gasteiger partial charge >= 0.3 is 12.1 Å². The van der Waals surface area contributed by atoms with Gasteiger partial charge in [-0.05, 0) is 0 Å². The Hall–Kier alpha value is -1.79. The SMILES string of the molecule is CN(C)C(=O)N1CC(CN2C(=O)COC2=O)C1. The molecule has 17 heavy (non-hydrogen) atoms. The van der Waals surface area contributed by atoms with Crippen molar-refractivity contribution in [3.8, 4) is 0 Å². The van der Waals surface area contributed by atoms with Crippen LogP contribution in [0.4, 0.5) is 9.59 Å². The van der Waals surface area contributed by atoms with Crippen LogP contribution in [-0.4, -0.2) is 73.1 Å². The van der Waals surface area contributed by atoms with Gasteiger partial charge in [-0.25, -0.2) is 14.5 Å². The van der Waals surface area contributed by atoms with E-state index >= 15 is 0 Å². The Morgan fingerprint density at radius 2 is 2.06 bits per heavy atom. The van der Waals surface area contributed by atoms with Crippen LogP contribution in [0.15, 0.2) is 0 Å². The lowest BCUT2D eigenvalue weighted by Gasteiger charge is -2.41. The van der Waals surface area contributed by atoms with Gasteiger partial charge in [0.25, 0.3) is 5.91 Å². The normalized spacial score (nSPS) is 20.4. The van der Waals surface area contributed by atoms with Gasteiger partial charge in [0.2, 0.25) is 0 Å². The summed E-state index contributed by atoms with van der Waals surface area (Å²) in [5.41, 5.74) is 0. The van der Waals surface area contributed by atoms with Crippen LogP contribution >= 0.6 is 0 Å². The molecular weight excluding hydrogens is 226 g/mol. The second kappa shape index (κ2) is 4.23. The fourth-order valence-corrected chi connectivity index (χ4v) is 1.94. The smallest absolute Gasteiger partial charge is 0.417 e. The van der Waals surface area contributed by atoms with Gasteiger partial charge in [-0.15, -0.1) is 0 Å². The largest absolute Gasteiger partial charge is 0.439 e. The van der Waals surface area contributed by atoms with Gasteiger partial charge in [0.15, 0.2) is 6.61 Å². The molecule has 2 saturated heterocycles. The fourth-order valence-electron chi connectivity index (χ4n) is 1.94. The molecule has 0 spiro atoms. The zero-order valence-electron chi connectivity index (χ0n) is 9.88. The molecule has 0 N–H and O–H groups in total. The molecule has 2 heterocycles. The zero-order chi connectivity index (χ0) is 12.6. The van der Waals surface area contributed by atoms with Crippen LogP contribution in [0, 0.1) is 5.92 Å². The van der Waals surface area contributed by atoms with Crippen LogP contribution in [0.25, 0.3) is 0 Å². The standard InChI is InChI=1S/C10H15N3O4/c1-11(2)9(15)12-3-7(4-12)5-13-8(14)6-17-10(13)16/h7H,3-6H2,1-2H3. The molecule has 2 aliphatic heterocycles. The summed E-state index contributed by atoms with van der Waals surface area (Å²) in [5.74, 6) is -0.138. The average Bonchev–Trinajstić information content (AvgIpc) is 2.52. The van der Waals surface area contributed by atoms with Gasteiger partial charge in [0.05, 0.1) is 0 Å². The molecule has 0 aromatic heterocycles. The van der Waals surface area contributed by atoms with Crippen LogP contribution in [-0.2, 0) is 9.53 Å². The van der Waals surface area contributed by atoms with Crippen LogP contribution in [0.5, 0.6) is 0 Å². The summed E-state index contributed by atoms with van der Waals surface area (Å²) < 4.78 is 4.61. The maximum atomic E-state index is 11.5. The lowest BCUT2D eigenvalue weighted by Crippen LogP contribution is -2.56. The summed E-state index contributed by atoms with van der Waals surface area (Å²) in [6, 6.07) is -0.0448. The fraction of sp³-hybridized carbons (Fsp3) is 0.700. The number of nitrogens with zero attached hydrogens (tertiary/aromatic N) is 3. The first-order chi connectivity index (χ1) is 7.99. The predicted molar refractivity (Wildman–Crippen MR) is 57.2 cm³/mol. The van der Waals surface area contributed by atoms with E-state index in [1.54, 1.807) is 19.0 Å². The van der Waals surface area contributed by atoms with Crippen molar-refractivity contribution in [1.82, 2.24) is 14.7 Å². The number of hydrogen-bond donors (Lipinski definition) is 0. The molecule has 7 nitrogen and oxygen atoms in total. The number of hydrogen-bond acceptors (Lipinski definition) is 4. The molecule has 0 aliphatic carbocycles. The third-order valence-electron chi connectivity index (χ3n) is 2.89. The molecule has 2 aliphatic rings. The Bertz CT molecular complexity index is 347. The van der Waals surface area contributed by atoms with Crippen molar-refractivity contribution < 1.29 is 19.1 Å². The molecule has 0 aromatic carbocycles. The van der Waals surface area contributed by atoms with E-state index in [4.69, 9.17) is 0 Å². The minimum Gasteiger partial charge on any atom is -0.439 e. The number of urea groups is 1. The lowest BCUT2D eigenvalue weighted by atomic mass is 10.0. The molecule has 2 rings (SSSR count). The van der Waals surface area contributed by atoms with Gasteiger partial charge < -0.3 is 14.5 Å². The zero-order valence-corrected chi connectivity index (χ0v) is 9.88. The van der Waals surface area contributed by atoms with E-state index in [1.807, 2.05) is 0 Å². The highest BCUT2D eigenvalue weighted by Crippen LogP contribution is 2.19. The molecule has 2 fully saturated rings. The second-order valence-electron chi connectivity index (χ2n) is 4.51. The van der Waals surface area contributed by atoms with Crippen molar-refractivity contribution in [2.45, 2.75) is 0 Å². The minimum atomic E-state index is -0.576. The molecule has 0 radical (unpaired) electrons. The molecule has 0 atom stereocenters. The van der Waals surface area contributed by atoms with Gasteiger partial charge in [-0.1, -0.05) is 0 Å². The average molecular weight is 241 g/mol. The number of carbonyl (C=O) groups is 3. The van der Waals surface area contributed by atoms with Gasteiger partial charge in [0.1, 0.15) is 0 Å². The van der Waals surface area contributed by atoms with Gasteiger partial charge in [0, 0.05) is 39.6 Å². The number of ether oxygens (including phenoxy) is 1. The van der Waals surface area contributed by atoms with Gasteiger partial charge in [-0.2, -0.15) is 0 Å². The maximum absolute atomic E-state index is 11.5. The molecule has 4 amide bonds. The van der Waals surface area contributed by atoms with Crippen molar-refractivity contribution >= 4 is 18.0 Å². The number of rotatable bonds is 2. The third-order valence-corrected chi connectivity index (χ3v) is 2.89. The second-order valence-corrected chi connectivity index (χ2v) is 4.51. The highest BCUT2D eigenvalue weighted by molar-refractivity contribution is 5.97. The summed E-state index contributed by atoms with van der Waals surface area (Å²) >= 11 is 0. The summed E-state index contributed by atoms with van der Waals surface area (Å²) in [7, 11) is 3.38. The molecule has 0 aromatic rings. The van der Waals surface area contributed by atoms with E-state index in [2.05, 4.69) is 4.74 Å². The van der Waals surface area contributed by atoms with Crippen LogP contribution in [0.2, 0.25) is 0 Å². The lowest BCUT2D eigenvalue weighted by molar-refractivity contribution is -0.126. The molecule has 0 saturated carbocycles. The van der Waals surface area contributed by atoms with Crippen LogP contribution in [0.3, 0.4) is 0 Å². The van der Waals surface area contributed by atoms with Crippen molar-refractivity contribution in [1.29, 1.82) is 0 Å². The van der Waals surface area contributed by atoms with Crippen molar-refractivity contribution in [3.63, 3.8) is 0 Å². The van der Waals surface area contributed by atoms with Gasteiger partial charge in [-0.3, -0.25) is 4.79 Å². The van der Waals surface area contributed by atoms with E-state index in [-0.39, 0.29) is 24.5 Å². The third kappa shape index (κ3) is 2.17. The number of imide groups is 1. The van der Waals surface area contributed by atoms with E-state index in [0.717, 1.165) is 4.90 Å². The number of likely N-dealkylation sites (tertiary alicyclic amines) is 1. The van der Waals surface area contributed by atoms with Crippen molar-refractivity contribution in [3.05, 3.63) is 0 Å². The molecule has 0 bridgehead atoms. The molecule has 0 unspecified atom stereocenters. The first kappa shape index (κ1) is 11.7. The minimum absolute atomic E-state index is 0.0448. The Labute approximate surface area is 98.9 Å². The topological polar surface area (TPSA) is 70.2 Å². The number of amides is 4. The highest BCUT2D eigenvalue weighted by atomic mass is 16.6. The Morgan fingerprint density at radius 3 is 2.53 bits per heavy atom. The van der Waals surface area contributed by atoms with Crippen LogP contribution < -0.4 is 0 Å². The monoisotopic (exact) mass is 241 g/mol. The first-order valence-corrected chi connectivity index (χ1v) is 5.42. The summed E-state index contributed by atoms with van der Waals surface area (Å²) in [6.07, 6.45) is -0.576. The van der Waals surface area contributed by atoms with E-state index in [9.17, 15) is 14.4 Å². The van der Waals surface area contributed by atoms with E-state index in [1.165, 1.54) is 4.90 Å². The Balaban J connectivity index is 1.79.